The van der Waals surface area contributed by atoms with Crippen molar-refractivity contribution in [2.75, 3.05) is 22.6 Å². The Hall–Kier alpha value is -3.39. The average Bonchev–Trinajstić information content (AvgIpc) is 3.31. The van der Waals surface area contributed by atoms with Gasteiger partial charge in [-0.05, 0) is 67.3 Å². The zero-order valence-electron chi connectivity index (χ0n) is 19.1. The predicted molar refractivity (Wildman–Crippen MR) is 130 cm³/mol. The molecule has 176 valence electrons. The minimum Gasteiger partial charge on any atom is -0.459 e. The number of nitrogens with zero attached hydrogens (tertiary/aromatic N) is 2. The summed E-state index contributed by atoms with van der Waals surface area (Å²) in [7, 11) is -3.30. The molecule has 3 aromatic rings. The Balaban J connectivity index is 1.59. The summed E-state index contributed by atoms with van der Waals surface area (Å²) in [5.41, 5.74) is 2.97. The largest absolute Gasteiger partial charge is 0.459 e. The average molecular weight is 479 g/mol. The maximum absolute atomic E-state index is 13.3. The van der Waals surface area contributed by atoms with Gasteiger partial charge in [0.25, 0.3) is 5.91 Å². The first-order valence-electron chi connectivity index (χ1n) is 11.4. The lowest BCUT2D eigenvalue weighted by Crippen LogP contribution is -2.54. The maximum atomic E-state index is 13.3. The molecule has 5 rings (SSSR count). The van der Waals surface area contributed by atoms with Crippen molar-refractivity contribution in [3.63, 3.8) is 0 Å². The molecule has 0 unspecified atom stereocenters. The predicted octanol–water partition coefficient (Wildman–Crippen LogP) is 4.53. The molecule has 0 bridgehead atoms. The summed E-state index contributed by atoms with van der Waals surface area (Å²) in [6, 6.07) is 15.4. The third kappa shape index (κ3) is 3.92. The number of carbonyl (C=O) groups is 2. The van der Waals surface area contributed by atoms with Gasteiger partial charge in [-0.3, -0.25) is 9.59 Å². The van der Waals surface area contributed by atoms with E-state index in [-0.39, 0.29) is 34.4 Å². The van der Waals surface area contributed by atoms with E-state index in [1.807, 2.05) is 30.0 Å². The van der Waals surface area contributed by atoms with Crippen molar-refractivity contribution in [1.82, 2.24) is 0 Å². The van der Waals surface area contributed by atoms with Gasteiger partial charge in [0.1, 0.15) is 0 Å². The molecule has 1 saturated carbocycles. The molecule has 1 aromatic heterocycles. The Morgan fingerprint density at radius 2 is 1.68 bits per heavy atom. The standard InChI is InChI=1S/C26H26N2O5S/c1-17-16-27(26(30)24-7-4-14-33-24)23-15-20(18-8-11-21(12-9-18)34(2,31)32)10-13-22(23)28(17)25(29)19-5-3-6-19/h4,7-15,17,19H,3,5-6,16H2,1-2H3/t17-/m0/s1. The molecule has 1 aliphatic carbocycles. The highest BCUT2D eigenvalue weighted by atomic mass is 32.2. The number of hydrogen-bond acceptors (Lipinski definition) is 5. The molecule has 8 heteroatoms. The van der Waals surface area contributed by atoms with Gasteiger partial charge in [-0.15, -0.1) is 0 Å². The second-order valence-corrected chi connectivity index (χ2v) is 11.1. The van der Waals surface area contributed by atoms with Crippen LogP contribution in [-0.2, 0) is 14.6 Å². The van der Waals surface area contributed by atoms with Crippen LogP contribution in [0.4, 0.5) is 11.4 Å². The lowest BCUT2D eigenvalue weighted by atomic mass is 9.83. The highest BCUT2D eigenvalue weighted by molar-refractivity contribution is 7.90. The van der Waals surface area contributed by atoms with Crippen molar-refractivity contribution in [3.05, 3.63) is 66.6 Å². The second kappa shape index (κ2) is 8.43. The van der Waals surface area contributed by atoms with Crippen molar-refractivity contribution in [3.8, 4) is 11.1 Å². The maximum Gasteiger partial charge on any atom is 0.294 e. The van der Waals surface area contributed by atoms with Crippen LogP contribution in [0.25, 0.3) is 11.1 Å². The van der Waals surface area contributed by atoms with Gasteiger partial charge < -0.3 is 14.2 Å². The van der Waals surface area contributed by atoms with Gasteiger partial charge in [-0.1, -0.05) is 24.6 Å². The lowest BCUT2D eigenvalue weighted by Gasteiger charge is -2.43. The van der Waals surface area contributed by atoms with Crippen LogP contribution in [-0.4, -0.2) is 39.1 Å². The molecule has 0 N–H and O–H groups in total. The number of anilines is 2. The Morgan fingerprint density at radius 3 is 2.26 bits per heavy atom. The van der Waals surface area contributed by atoms with Crippen LogP contribution in [0.5, 0.6) is 0 Å². The minimum atomic E-state index is -3.30. The van der Waals surface area contributed by atoms with E-state index in [0.29, 0.717) is 17.9 Å². The van der Waals surface area contributed by atoms with Crippen LogP contribution in [0, 0.1) is 5.92 Å². The van der Waals surface area contributed by atoms with Crippen LogP contribution in [0.1, 0.15) is 36.7 Å². The Bertz CT molecular complexity index is 1340. The molecule has 0 radical (unpaired) electrons. The Morgan fingerprint density at radius 1 is 0.971 bits per heavy atom. The summed E-state index contributed by atoms with van der Waals surface area (Å²) < 4.78 is 29.0. The van der Waals surface area contributed by atoms with E-state index >= 15 is 0 Å². The number of benzene rings is 2. The van der Waals surface area contributed by atoms with Gasteiger partial charge >= 0.3 is 0 Å². The zero-order chi connectivity index (χ0) is 24.0. The van der Waals surface area contributed by atoms with Gasteiger partial charge in [0.15, 0.2) is 15.6 Å². The van der Waals surface area contributed by atoms with Crippen molar-refractivity contribution in [1.29, 1.82) is 0 Å². The molecule has 2 aromatic carbocycles. The summed E-state index contributed by atoms with van der Waals surface area (Å²) in [5, 5.41) is 0. The van der Waals surface area contributed by atoms with Crippen LogP contribution < -0.4 is 9.80 Å². The summed E-state index contributed by atoms with van der Waals surface area (Å²) in [4.78, 5) is 30.3. The van der Waals surface area contributed by atoms with Gasteiger partial charge in [-0.2, -0.15) is 0 Å². The van der Waals surface area contributed by atoms with Gasteiger partial charge in [0.05, 0.1) is 28.6 Å². The molecular weight excluding hydrogens is 452 g/mol. The molecule has 2 amide bonds. The molecule has 2 heterocycles. The summed E-state index contributed by atoms with van der Waals surface area (Å²) in [6.45, 7) is 2.31. The van der Waals surface area contributed by atoms with E-state index < -0.39 is 9.84 Å². The van der Waals surface area contributed by atoms with Gasteiger partial charge in [0.2, 0.25) is 5.91 Å². The van der Waals surface area contributed by atoms with E-state index in [2.05, 4.69) is 0 Å². The second-order valence-electron chi connectivity index (χ2n) is 9.08. The van der Waals surface area contributed by atoms with Crippen LogP contribution in [0.3, 0.4) is 0 Å². The number of sulfone groups is 1. The minimum absolute atomic E-state index is 0.0332. The lowest BCUT2D eigenvalue weighted by molar-refractivity contribution is -0.125. The molecule has 7 nitrogen and oxygen atoms in total. The molecule has 1 atom stereocenters. The van der Waals surface area contributed by atoms with E-state index in [1.54, 1.807) is 41.3 Å². The normalized spacial score (nSPS) is 18.4. The fourth-order valence-corrected chi connectivity index (χ4v) is 5.24. The summed E-state index contributed by atoms with van der Waals surface area (Å²) >= 11 is 0. The molecule has 1 fully saturated rings. The molecular formula is C26H26N2O5S. The zero-order valence-corrected chi connectivity index (χ0v) is 19.9. The fraction of sp³-hybridized carbons (Fsp3) is 0.308. The first-order chi connectivity index (χ1) is 16.2. The number of carbonyl (C=O) groups excluding carboxylic acids is 2. The quantitative estimate of drug-likeness (QED) is 0.550. The highest BCUT2D eigenvalue weighted by Gasteiger charge is 2.39. The SMILES string of the molecule is C[C@H]1CN(C(=O)c2ccco2)c2cc(-c3ccc(S(C)(=O)=O)cc3)ccc2N1C(=O)C1CCC1. The van der Waals surface area contributed by atoms with E-state index in [9.17, 15) is 18.0 Å². The summed E-state index contributed by atoms with van der Waals surface area (Å²) in [6.07, 6.45) is 5.51. The first kappa shape index (κ1) is 22.4. The van der Waals surface area contributed by atoms with Crippen LogP contribution in [0.15, 0.2) is 70.2 Å². The van der Waals surface area contributed by atoms with Crippen molar-refractivity contribution in [2.45, 2.75) is 37.1 Å². The monoisotopic (exact) mass is 478 g/mol. The van der Waals surface area contributed by atoms with Gasteiger partial charge in [0, 0.05) is 18.7 Å². The van der Waals surface area contributed by atoms with E-state index in [0.717, 1.165) is 30.4 Å². The van der Waals surface area contributed by atoms with Crippen molar-refractivity contribution in [2.24, 2.45) is 5.92 Å². The number of rotatable bonds is 4. The molecule has 2 aliphatic rings. The highest BCUT2D eigenvalue weighted by Crippen LogP contribution is 2.42. The number of hydrogen-bond donors (Lipinski definition) is 0. The number of fused-ring (bicyclic) bond motifs is 1. The Labute approximate surface area is 198 Å². The first-order valence-corrected chi connectivity index (χ1v) is 13.3. The third-order valence-electron chi connectivity index (χ3n) is 6.70. The van der Waals surface area contributed by atoms with Gasteiger partial charge in [-0.25, -0.2) is 8.42 Å². The molecule has 34 heavy (non-hydrogen) atoms. The van der Waals surface area contributed by atoms with E-state index in [4.69, 9.17) is 4.42 Å². The number of furan rings is 1. The fourth-order valence-electron chi connectivity index (χ4n) is 4.61. The molecule has 1 aliphatic heterocycles. The smallest absolute Gasteiger partial charge is 0.294 e. The molecule has 0 spiro atoms. The summed E-state index contributed by atoms with van der Waals surface area (Å²) in [5.74, 6) is 0.111. The molecule has 0 saturated heterocycles. The van der Waals surface area contributed by atoms with E-state index in [1.165, 1.54) is 12.5 Å². The van der Waals surface area contributed by atoms with Crippen LogP contribution in [0.2, 0.25) is 0 Å². The number of amides is 2. The third-order valence-corrected chi connectivity index (χ3v) is 7.83. The van der Waals surface area contributed by atoms with Crippen LogP contribution >= 0.6 is 0 Å². The Kier molecular flexibility index (Phi) is 5.56. The van der Waals surface area contributed by atoms with Crippen molar-refractivity contribution >= 4 is 33.0 Å². The van der Waals surface area contributed by atoms with Crippen molar-refractivity contribution < 1.29 is 22.4 Å². The topological polar surface area (TPSA) is 87.9 Å².